The van der Waals surface area contributed by atoms with E-state index in [1.165, 1.54) is 21.3 Å². The van der Waals surface area contributed by atoms with Crippen LogP contribution in [0.1, 0.15) is 11.6 Å². The molecule has 1 atom stereocenters. The Morgan fingerprint density at radius 2 is 1.95 bits per heavy atom. The number of rotatable bonds is 8. The molecule has 7 heteroatoms. The molecule has 0 aliphatic rings. The molecule has 6 nitrogen and oxygen atoms in total. The van der Waals surface area contributed by atoms with Gasteiger partial charge in [-0.05, 0) is 6.07 Å². The minimum atomic E-state index is -0.711. The first kappa shape index (κ1) is 17.6. The summed E-state index contributed by atoms with van der Waals surface area (Å²) in [6, 6.07) is 2.68. The Kier molecular flexibility index (Phi) is 7.28. The van der Waals surface area contributed by atoms with Crippen molar-refractivity contribution in [1.82, 2.24) is 5.32 Å². The molecular weight excluding hydrogens is 298 g/mol. The zero-order chi connectivity index (χ0) is 15.8. The van der Waals surface area contributed by atoms with Gasteiger partial charge in [-0.2, -0.15) is 0 Å². The number of hydrogen-bond acceptors (Lipinski definition) is 6. The number of esters is 1. The van der Waals surface area contributed by atoms with Crippen LogP contribution in [0.25, 0.3) is 0 Å². The van der Waals surface area contributed by atoms with Gasteiger partial charge in [0.1, 0.15) is 6.04 Å². The predicted molar refractivity (Wildman–Crippen MR) is 79.2 cm³/mol. The first-order valence-corrected chi connectivity index (χ1v) is 6.69. The lowest BCUT2D eigenvalue weighted by molar-refractivity contribution is -0.143. The third-order valence-corrected chi connectivity index (χ3v) is 3.31. The van der Waals surface area contributed by atoms with Gasteiger partial charge in [0.2, 0.25) is 0 Å². The maximum atomic E-state index is 12.0. The SMILES string of the molecule is COCCNC(C(=O)OC)c1ccc(OC)c(OC)c1Cl. The number of carbonyl (C=O) groups excluding carboxylic acids is 1. The Morgan fingerprint density at radius 3 is 2.48 bits per heavy atom. The monoisotopic (exact) mass is 317 g/mol. The van der Waals surface area contributed by atoms with Gasteiger partial charge in [0.05, 0.1) is 33.0 Å². The predicted octanol–water partition coefficient (Wildman–Crippen LogP) is 1.81. The van der Waals surface area contributed by atoms with Gasteiger partial charge in [-0.3, -0.25) is 5.32 Å². The molecule has 0 aromatic heterocycles. The molecular formula is C14H20ClNO5. The summed E-state index contributed by atoms with van der Waals surface area (Å²) in [7, 11) is 5.90. The summed E-state index contributed by atoms with van der Waals surface area (Å²) in [5, 5.41) is 3.34. The lowest BCUT2D eigenvalue weighted by Crippen LogP contribution is -2.32. The van der Waals surface area contributed by atoms with E-state index < -0.39 is 12.0 Å². The molecule has 21 heavy (non-hydrogen) atoms. The van der Waals surface area contributed by atoms with E-state index in [0.717, 1.165) is 0 Å². The van der Waals surface area contributed by atoms with Gasteiger partial charge in [-0.15, -0.1) is 0 Å². The van der Waals surface area contributed by atoms with E-state index in [9.17, 15) is 4.79 Å². The summed E-state index contributed by atoms with van der Waals surface area (Å²) in [6.07, 6.45) is 0. The van der Waals surface area contributed by atoms with E-state index in [4.69, 9.17) is 30.5 Å². The molecule has 0 spiro atoms. The van der Waals surface area contributed by atoms with Crippen LogP contribution in [0.15, 0.2) is 12.1 Å². The van der Waals surface area contributed by atoms with E-state index in [2.05, 4.69) is 5.32 Å². The highest BCUT2D eigenvalue weighted by Gasteiger charge is 2.26. The lowest BCUT2D eigenvalue weighted by atomic mass is 10.1. The van der Waals surface area contributed by atoms with Crippen molar-refractivity contribution in [3.63, 3.8) is 0 Å². The fourth-order valence-electron chi connectivity index (χ4n) is 1.87. The Bertz CT molecular complexity index is 481. The van der Waals surface area contributed by atoms with Crippen molar-refractivity contribution < 1.29 is 23.7 Å². The van der Waals surface area contributed by atoms with Crippen LogP contribution >= 0.6 is 11.6 Å². The molecule has 0 aliphatic heterocycles. The molecule has 0 saturated heterocycles. The maximum Gasteiger partial charge on any atom is 0.327 e. The Morgan fingerprint density at radius 1 is 1.24 bits per heavy atom. The van der Waals surface area contributed by atoms with E-state index >= 15 is 0 Å². The molecule has 0 heterocycles. The first-order valence-electron chi connectivity index (χ1n) is 6.31. The van der Waals surface area contributed by atoms with Crippen molar-refractivity contribution in [2.24, 2.45) is 0 Å². The van der Waals surface area contributed by atoms with Gasteiger partial charge in [0, 0.05) is 19.2 Å². The summed E-state index contributed by atoms with van der Waals surface area (Å²) in [5.74, 6) is 0.422. The Labute approximate surface area is 129 Å². The first-order chi connectivity index (χ1) is 10.1. The molecule has 1 aromatic carbocycles. The van der Waals surface area contributed by atoms with Crippen LogP contribution in [0, 0.1) is 0 Å². The highest BCUT2D eigenvalue weighted by Crippen LogP contribution is 2.39. The molecule has 0 bridgehead atoms. The summed E-state index contributed by atoms with van der Waals surface area (Å²) in [5.41, 5.74) is 0.553. The zero-order valence-corrected chi connectivity index (χ0v) is 13.3. The van der Waals surface area contributed by atoms with E-state index in [-0.39, 0.29) is 0 Å². The standard InChI is InChI=1S/C14H20ClNO5/c1-18-8-7-16-12(14(17)21-4)9-5-6-10(19-2)13(20-3)11(9)15/h5-6,12,16H,7-8H2,1-4H3. The van der Waals surface area contributed by atoms with Crippen LogP contribution in [-0.2, 0) is 14.3 Å². The molecule has 0 amide bonds. The van der Waals surface area contributed by atoms with Gasteiger partial charge >= 0.3 is 5.97 Å². The quantitative estimate of drug-likeness (QED) is 0.582. The van der Waals surface area contributed by atoms with Crippen LogP contribution < -0.4 is 14.8 Å². The smallest absolute Gasteiger partial charge is 0.327 e. The third-order valence-electron chi connectivity index (χ3n) is 2.92. The number of ether oxygens (including phenoxy) is 4. The second-order valence-corrected chi connectivity index (χ2v) is 4.49. The molecule has 1 unspecified atom stereocenters. The summed E-state index contributed by atoms with van der Waals surface area (Å²) in [4.78, 5) is 12.0. The number of carbonyl (C=O) groups is 1. The number of hydrogen-bond donors (Lipinski definition) is 1. The molecule has 1 rings (SSSR count). The number of nitrogens with one attached hydrogen (secondary N) is 1. The minimum absolute atomic E-state index is 0.303. The van der Waals surface area contributed by atoms with Crippen LogP contribution in [0.4, 0.5) is 0 Å². The molecule has 0 fully saturated rings. The van der Waals surface area contributed by atoms with Crippen LogP contribution in [0.2, 0.25) is 5.02 Å². The maximum absolute atomic E-state index is 12.0. The fraction of sp³-hybridized carbons (Fsp3) is 0.500. The molecule has 0 radical (unpaired) electrons. The fourth-order valence-corrected chi connectivity index (χ4v) is 2.21. The van der Waals surface area contributed by atoms with E-state index in [1.54, 1.807) is 19.2 Å². The third kappa shape index (κ3) is 4.23. The molecule has 0 saturated carbocycles. The van der Waals surface area contributed by atoms with Gasteiger partial charge in [0.15, 0.2) is 11.5 Å². The second kappa shape index (κ2) is 8.71. The van der Waals surface area contributed by atoms with E-state index in [1.807, 2.05) is 0 Å². The Hall–Kier alpha value is -1.50. The zero-order valence-electron chi connectivity index (χ0n) is 12.6. The topological polar surface area (TPSA) is 66.0 Å². The van der Waals surface area contributed by atoms with Crippen molar-refractivity contribution in [2.45, 2.75) is 6.04 Å². The van der Waals surface area contributed by atoms with Gasteiger partial charge in [-0.1, -0.05) is 17.7 Å². The Balaban J connectivity index is 3.15. The van der Waals surface area contributed by atoms with Gasteiger partial charge < -0.3 is 18.9 Å². The van der Waals surface area contributed by atoms with Crippen molar-refractivity contribution in [2.75, 3.05) is 41.6 Å². The van der Waals surface area contributed by atoms with Gasteiger partial charge in [-0.25, -0.2) is 4.79 Å². The van der Waals surface area contributed by atoms with Crippen molar-refractivity contribution >= 4 is 17.6 Å². The molecule has 1 N–H and O–H groups in total. The van der Waals surface area contributed by atoms with E-state index in [0.29, 0.717) is 35.2 Å². The normalized spacial score (nSPS) is 11.9. The highest BCUT2D eigenvalue weighted by atomic mass is 35.5. The number of halogens is 1. The average molecular weight is 318 g/mol. The van der Waals surface area contributed by atoms with Crippen LogP contribution in [0.5, 0.6) is 11.5 Å². The lowest BCUT2D eigenvalue weighted by Gasteiger charge is -2.20. The van der Waals surface area contributed by atoms with Crippen molar-refractivity contribution in [3.05, 3.63) is 22.7 Å². The summed E-state index contributed by atoms with van der Waals surface area (Å²) < 4.78 is 20.2. The number of benzene rings is 1. The second-order valence-electron chi connectivity index (χ2n) is 4.11. The molecule has 1 aromatic rings. The molecule has 0 aliphatic carbocycles. The van der Waals surface area contributed by atoms with Crippen molar-refractivity contribution in [3.8, 4) is 11.5 Å². The highest BCUT2D eigenvalue weighted by molar-refractivity contribution is 6.33. The summed E-state index contributed by atoms with van der Waals surface area (Å²) in [6.45, 7) is 0.930. The minimum Gasteiger partial charge on any atom is -0.493 e. The number of methoxy groups -OCH3 is 4. The van der Waals surface area contributed by atoms with Gasteiger partial charge in [0.25, 0.3) is 0 Å². The van der Waals surface area contributed by atoms with Crippen molar-refractivity contribution in [1.29, 1.82) is 0 Å². The largest absolute Gasteiger partial charge is 0.493 e. The van der Waals surface area contributed by atoms with Crippen LogP contribution in [-0.4, -0.2) is 47.6 Å². The average Bonchev–Trinajstić information content (AvgIpc) is 2.51. The van der Waals surface area contributed by atoms with Crippen LogP contribution in [0.3, 0.4) is 0 Å². The molecule has 118 valence electrons. The summed E-state index contributed by atoms with van der Waals surface area (Å²) >= 11 is 6.32.